The highest BCUT2D eigenvalue weighted by atomic mass is 19.1. The number of hydrogen-bond donors (Lipinski definition) is 2. The predicted octanol–water partition coefficient (Wildman–Crippen LogP) is 5.54. The molecule has 0 aliphatic heterocycles. The molecular weight excluding hydrogens is 411 g/mol. The zero-order valence-electron chi connectivity index (χ0n) is 18.4. The van der Waals surface area contributed by atoms with E-state index in [1.165, 1.54) is 0 Å². The predicted molar refractivity (Wildman–Crippen MR) is 131 cm³/mol. The maximum absolute atomic E-state index is 16.5. The van der Waals surface area contributed by atoms with E-state index in [-0.39, 0.29) is 13.0 Å². The number of carbonyl (C=O) groups is 1. The Balaban J connectivity index is 1.59. The van der Waals surface area contributed by atoms with Gasteiger partial charge in [0.25, 0.3) is 5.91 Å². The van der Waals surface area contributed by atoms with Crippen LogP contribution >= 0.6 is 0 Å². The summed E-state index contributed by atoms with van der Waals surface area (Å²) < 4.78 is 16.5. The highest BCUT2D eigenvalue weighted by Gasteiger charge is 2.40. The van der Waals surface area contributed by atoms with Crippen LogP contribution in [0.2, 0.25) is 0 Å². The smallest absolute Gasteiger partial charge is 0.262 e. The van der Waals surface area contributed by atoms with Crippen LogP contribution in [0.3, 0.4) is 0 Å². The van der Waals surface area contributed by atoms with Crippen molar-refractivity contribution < 1.29 is 9.18 Å². The number of carbonyl (C=O) groups excluding carboxylic acids is 1. The van der Waals surface area contributed by atoms with Gasteiger partial charge in [0.15, 0.2) is 0 Å². The molecule has 0 unspecified atom stereocenters. The molecule has 0 fully saturated rings. The molecule has 4 aromatic carbocycles. The van der Waals surface area contributed by atoms with Crippen molar-refractivity contribution in [3.63, 3.8) is 0 Å². The van der Waals surface area contributed by atoms with Gasteiger partial charge in [-0.2, -0.15) is 0 Å². The van der Waals surface area contributed by atoms with Gasteiger partial charge in [0.2, 0.25) is 5.67 Å². The normalized spacial score (nSPS) is 12.7. The highest BCUT2D eigenvalue weighted by molar-refractivity contribution is 5.87. The van der Waals surface area contributed by atoms with Crippen molar-refractivity contribution in [1.82, 2.24) is 5.32 Å². The second-order valence-electron chi connectivity index (χ2n) is 8.11. The number of nitrogens with one attached hydrogen (secondary N) is 1. The van der Waals surface area contributed by atoms with E-state index in [0.29, 0.717) is 12.1 Å². The quantitative estimate of drug-likeness (QED) is 0.380. The number of nitrogens with two attached hydrogens (primary N) is 1. The largest absolute Gasteiger partial charge is 0.349 e. The molecule has 0 aromatic heterocycles. The van der Waals surface area contributed by atoms with Crippen LogP contribution in [-0.2, 0) is 30.0 Å². The van der Waals surface area contributed by atoms with E-state index >= 15 is 4.39 Å². The van der Waals surface area contributed by atoms with Crippen LogP contribution in [0.1, 0.15) is 22.3 Å². The second-order valence-corrected chi connectivity index (χ2v) is 8.11. The summed E-state index contributed by atoms with van der Waals surface area (Å²) in [7, 11) is 0. The van der Waals surface area contributed by atoms with E-state index in [1.807, 2.05) is 97.1 Å². The molecule has 1 atom stereocenters. The second kappa shape index (κ2) is 10.2. The standard InChI is InChI=1S/C29H27FN2O/c30-29(19-22-7-3-1-4-8-22,28(33)32-21-24-13-11-23(20-31)12-14-24)27-17-15-26(16-18-27)25-9-5-2-6-10-25/h1-18H,19-21,31H2,(H,32,33)/t29-/m0/s1. The molecule has 0 saturated heterocycles. The SMILES string of the molecule is NCc1ccc(CNC(=O)[C@](F)(Cc2ccccc2)c2ccc(-c3ccccc3)cc2)cc1. The number of halogens is 1. The summed E-state index contributed by atoms with van der Waals surface area (Å²) in [5.41, 5.74) is 8.45. The van der Waals surface area contributed by atoms with E-state index in [4.69, 9.17) is 5.73 Å². The molecule has 4 rings (SSSR count). The fourth-order valence-electron chi connectivity index (χ4n) is 3.86. The number of hydrogen-bond acceptors (Lipinski definition) is 2. The Labute approximate surface area is 194 Å². The third kappa shape index (κ3) is 5.36. The lowest BCUT2D eigenvalue weighted by atomic mass is 9.87. The third-order valence-corrected chi connectivity index (χ3v) is 5.81. The number of alkyl halides is 1. The van der Waals surface area contributed by atoms with Crippen molar-refractivity contribution in [2.45, 2.75) is 25.2 Å². The molecule has 0 saturated carbocycles. The maximum atomic E-state index is 16.5. The van der Waals surface area contributed by atoms with Crippen LogP contribution in [0, 0.1) is 0 Å². The van der Waals surface area contributed by atoms with Crippen molar-refractivity contribution in [2.75, 3.05) is 0 Å². The number of rotatable bonds is 8. The van der Waals surface area contributed by atoms with Gasteiger partial charge >= 0.3 is 0 Å². The van der Waals surface area contributed by atoms with E-state index in [2.05, 4.69) is 5.32 Å². The fraction of sp³-hybridized carbons (Fsp3) is 0.138. The van der Waals surface area contributed by atoms with Gasteiger partial charge in [-0.15, -0.1) is 0 Å². The molecule has 0 radical (unpaired) electrons. The van der Waals surface area contributed by atoms with Crippen LogP contribution in [0.5, 0.6) is 0 Å². The molecule has 166 valence electrons. The van der Waals surface area contributed by atoms with Crippen molar-refractivity contribution in [3.05, 3.63) is 131 Å². The fourth-order valence-corrected chi connectivity index (χ4v) is 3.86. The Morgan fingerprint density at radius 2 is 1.24 bits per heavy atom. The molecule has 33 heavy (non-hydrogen) atoms. The Morgan fingerprint density at radius 3 is 1.85 bits per heavy atom. The zero-order valence-corrected chi connectivity index (χ0v) is 18.4. The van der Waals surface area contributed by atoms with Gasteiger partial charge in [-0.1, -0.05) is 109 Å². The topological polar surface area (TPSA) is 55.1 Å². The van der Waals surface area contributed by atoms with Gasteiger partial charge in [-0.25, -0.2) is 4.39 Å². The summed E-state index contributed by atoms with van der Waals surface area (Å²) in [5.74, 6) is -0.651. The highest BCUT2D eigenvalue weighted by Crippen LogP contribution is 2.33. The Bertz CT molecular complexity index is 1180. The first-order valence-corrected chi connectivity index (χ1v) is 11.0. The van der Waals surface area contributed by atoms with Gasteiger partial charge < -0.3 is 11.1 Å². The van der Waals surface area contributed by atoms with Gasteiger partial charge in [-0.05, 0) is 33.4 Å². The number of benzene rings is 4. The monoisotopic (exact) mass is 438 g/mol. The summed E-state index contributed by atoms with van der Waals surface area (Å²) in [4.78, 5) is 13.2. The summed E-state index contributed by atoms with van der Waals surface area (Å²) in [5, 5.41) is 2.80. The lowest BCUT2D eigenvalue weighted by Gasteiger charge is -2.25. The summed E-state index contributed by atoms with van der Waals surface area (Å²) in [6.45, 7) is 0.697. The van der Waals surface area contributed by atoms with Crippen LogP contribution in [0.25, 0.3) is 11.1 Å². The molecule has 0 bridgehead atoms. The molecule has 4 heteroatoms. The Kier molecular flexibility index (Phi) is 6.96. The van der Waals surface area contributed by atoms with Gasteiger partial charge in [0.05, 0.1) is 0 Å². The maximum Gasteiger partial charge on any atom is 0.262 e. The molecule has 3 N–H and O–H groups in total. The first kappa shape index (κ1) is 22.4. The minimum absolute atomic E-state index is 0.0452. The van der Waals surface area contributed by atoms with Gasteiger partial charge in [0.1, 0.15) is 0 Å². The minimum Gasteiger partial charge on any atom is -0.349 e. The van der Waals surface area contributed by atoms with Crippen LogP contribution < -0.4 is 11.1 Å². The zero-order chi connectivity index (χ0) is 23.1. The molecule has 0 heterocycles. The van der Waals surface area contributed by atoms with Gasteiger partial charge in [-0.3, -0.25) is 4.79 Å². The van der Waals surface area contributed by atoms with E-state index in [9.17, 15) is 4.79 Å². The molecule has 4 aromatic rings. The molecule has 0 spiro atoms. The third-order valence-electron chi connectivity index (χ3n) is 5.81. The minimum atomic E-state index is -2.20. The summed E-state index contributed by atoms with van der Waals surface area (Å²) in [6, 6.07) is 33.9. The van der Waals surface area contributed by atoms with Crippen LogP contribution in [0.4, 0.5) is 4.39 Å². The lowest BCUT2D eigenvalue weighted by Crippen LogP contribution is -2.42. The molecule has 0 aliphatic carbocycles. The van der Waals surface area contributed by atoms with E-state index in [1.54, 1.807) is 12.1 Å². The van der Waals surface area contributed by atoms with E-state index in [0.717, 1.165) is 27.8 Å². The van der Waals surface area contributed by atoms with Crippen molar-refractivity contribution >= 4 is 5.91 Å². The first-order chi connectivity index (χ1) is 16.1. The van der Waals surface area contributed by atoms with Crippen molar-refractivity contribution in [3.8, 4) is 11.1 Å². The average molecular weight is 439 g/mol. The molecule has 3 nitrogen and oxygen atoms in total. The molecular formula is C29H27FN2O. The lowest BCUT2D eigenvalue weighted by molar-refractivity contribution is -0.133. The van der Waals surface area contributed by atoms with Crippen LogP contribution in [-0.4, -0.2) is 5.91 Å². The van der Waals surface area contributed by atoms with Crippen molar-refractivity contribution in [2.24, 2.45) is 5.73 Å². The first-order valence-electron chi connectivity index (χ1n) is 11.0. The Hall–Kier alpha value is -3.76. The van der Waals surface area contributed by atoms with Gasteiger partial charge in [0, 0.05) is 19.5 Å². The average Bonchev–Trinajstić information content (AvgIpc) is 2.88. The number of amides is 1. The van der Waals surface area contributed by atoms with Crippen LogP contribution in [0.15, 0.2) is 109 Å². The Morgan fingerprint density at radius 1 is 0.697 bits per heavy atom. The molecule has 0 aliphatic rings. The summed E-state index contributed by atoms with van der Waals surface area (Å²) in [6.07, 6.45) is -0.0452. The van der Waals surface area contributed by atoms with Crippen molar-refractivity contribution in [1.29, 1.82) is 0 Å². The van der Waals surface area contributed by atoms with E-state index < -0.39 is 11.6 Å². The molecule has 1 amide bonds. The summed E-state index contributed by atoms with van der Waals surface area (Å²) >= 11 is 0.